The summed E-state index contributed by atoms with van der Waals surface area (Å²) in [5.74, 6) is 0.427. The molecule has 72 valence electrons. The highest BCUT2D eigenvalue weighted by atomic mass is 79.9. The molecule has 1 aromatic rings. The molecule has 0 atom stereocenters. The molecule has 0 aromatic carbocycles. The molecule has 0 unspecified atom stereocenters. The normalized spacial score (nSPS) is 10.8. The monoisotopic (exact) mass is 243 g/mol. The van der Waals surface area contributed by atoms with Gasteiger partial charge in [-0.05, 0) is 34.5 Å². The van der Waals surface area contributed by atoms with E-state index in [1.807, 2.05) is 6.07 Å². The molecule has 0 spiro atoms. The second kappa shape index (κ2) is 4.67. The van der Waals surface area contributed by atoms with Gasteiger partial charge in [-0.1, -0.05) is 13.8 Å². The zero-order chi connectivity index (χ0) is 9.84. The van der Waals surface area contributed by atoms with E-state index in [-0.39, 0.29) is 0 Å². The summed E-state index contributed by atoms with van der Waals surface area (Å²) < 4.78 is 0.655. The lowest BCUT2D eigenvalue weighted by molar-refractivity contribution is 0.787. The molecule has 1 aromatic heterocycles. The molecule has 0 amide bonds. The average Bonchev–Trinajstić information content (AvgIpc) is 2.03. The minimum atomic E-state index is 0.427. The van der Waals surface area contributed by atoms with Crippen molar-refractivity contribution in [2.75, 3.05) is 6.54 Å². The van der Waals surface area contributed by atoms with Crippen molar-refractivity contribution in [3.8, 4) is 0 Å². The van der Waals surface area contributed by atoms with Crippen molar-refractivity contribution in [2.45, 2.75) is 26.2 Å². The first kappa shape index (κ1) is 10.6. The molecule has 2 N–H and O–H groups in total. The van der Waals surface area contributed by atoms with Crippen molar-refractivity contribution >= 4 is 15.9 Å². The molecule has 0 saturated carbocycles. The molecule has 0 aliphatic carbocycles. The van der Waals surface area contributed by atoms with Crippen LogP contribution in [-0.4, -0.2) is 16.5 Å². The molecule has 4 heteroatoms. The SMILES string of the molecule is CC(C)c1cc(CCN)nc(Br)n1. The predicted molar refractivity (Wildman–Crippen MR) is 56.6 cm³/mol. The third-order valence-electron chi connectivity index (χ3n) is 1.76. The van der Waals surface area contributed by atoms with Gasteiger partial charge in [0, 0.05) is 17.8 Å². The van der Waals surface area contributed by atoms with Gasteiger partial charge in [0.15, 0.2) is 4.73 Å². The minimum absolute atomic E-state index is 0.427. The highest BCUT2D eigenvalue weighted by molar-refractivity contribution is 9.10. The van der Waals surface area contributed by atoms with Crippen LogP contribution in [0.15, 0.2) is 10.8 Å². The smallest absolute Gasteiger partial charge is 0.197 e. The number of nitrogens with two attached hydrogens (primary N) is 1. The van der Waals surface area contributed by atoms with Gasteiger partial charge in [-0.2, -0.15) is 0 Å². The topological polar surface area (TPSA) is 51.8 Å². The van der Waals surface area contributed by atoms with E-state index >= 15 is 0 Å². The van der Waals surface area contributed by atoms with Gasteiger partial charge < -0.3 is 5.73 Å². The van der Waals surface area contributed by atoms with E-state index < -0.39 is 0 Å². The molecule has 13 heavy (non-hydrogen) atoms. The Hall–Kier alpha value is -0.480. The van der Waals surface area contributed by atoms with E-state index in [0.717, 1.165) is 17.8 Å². The maximum Gasteiger partial charge on any atom is 0.197 e. The standard InChI is InChI=1S/C9H14BrN3/c1-6(2)8-5-7(3-4-11)12-9(10)13-8/h5-6H,3-4,11H2,1-2H3. The molecule has 1 heterocycles. The number of hydrogen-bond acceptors (Lipinski definition) is 3. The number of halogens is 1. The summed E-state index contributed by atoms with van der Waals surface area (Å²) in [6.07, 6.45) is 0.806. The molecule has 0 aliphatic heterocycles. The average molecular weight is 244 g/mol. The lowest BCUT2D eigenvalue weighted by Crippen LogP contribution is -2.06. The number of rotatable bonds is 3. The number of hydrogen-bond donors (Lipinski definition) is 1. The summed E-state index contributed by atoms with van der Waals surface area (Å²) in [6.45, 7) is 4.85. The maximum absolute atomic E-state index is 5.46. The number of aromatic nitrogens is 2. The second-order valence-electron chi connectivity index (χ2n) is 3.25. The van der Waals surface area contributed by atoms with Gasteiger partial charge in [-0.15, -0.1) is 0 Å². The molecule has 0 radical (unpaired) electrons. The molecular weight excluding hydrogens is 230 g/mol. The Morgan fingerprint density at radius 2 is 2.15 bits per heavy atom. The van der Waals surface area contributed by atoms with Crippen LogP contribution in [0.5, 0.6) is 0 Å². The van der Waals surface area contributed by atoms with Gasteiger partial charge in [-0.25, -0.2) is 9.97 Å². The van der Waals surface area contributed by atoms with Gasteiger partial charge in [0.25, 0.3) is 0 Å². The fraction of sp³-hybridized carbons (Fsp3) is 0.556. The van der Waals surface area contributed by atoms with Gasteiger partial charge in [-0.3, -0.25) is 0 Å². The lowest BCUT2D eigenvalue weighted by atomic mass is 10.1. The third-order valence-corrected chi connectivity index (χ3v) is 2.12. The number of nitrogens with zero attached hydrogens (tertiary/aromatic N) is 2. The maximum atomic E-state index is 5.46. The van der Waals surface area contributed by atoms with Crippen LogP contribution >= 0.6 is 15.9 Å². The van der Waals surface area contributed by atoms with E-state index in [2.05, 4.69) is 39.7 Å². The Kier molecular flexibility index (Phi) is 3.81. The first-order chi connectivity index (χ1) is 6.13. The summed E-state index contributed by atoms with van der Waals surface area (Å²) in [7, 11) is 0. The van der Waals surface area contributed by atoms with Crippen molar-refractivity contribution in [3.63, 3.8) is 0 Å². The van der Waals surface area contributed by atoms with Crippen molar-refractivity contribution in [1.29, 1.82) is 0 Å². The van der Waals surface area contributed by atoms with Crippen LogP contribution in [0.3, 0.4) is 0 Å². The van der Waals surface area contributed by atoms with Crippen LogP contribution < -0.4 is 5.73 Å². The van der Waals surface area contributed by atoms with Crippen LogP contribution in [0.25, 0.3) is 0 Å². The van der Waals surface area contributed by atoms with Crippen LogP contribution in [0, 0.1) is 0 Å². The molecule has 0 bridgehead atoms. The van der Waals surface area contributed by atoms with Gasteiger partial charge in [0.05, 0.1) is 0 Å². The van der Waals surface area contributed by atoms with E-state index in [9.17, 15) is 0 Å². The van der Waals surface area contributed by atoms with Gasteiger partial charge in [0.1, 0.15) is 0 Å². The van der Waals surface area contributed by atoms with Crippen LogP contribution in [0.2, 0.25) is 0 Å². The molecule has 1 rings (SSSR count). The third kappa shape index (κ3) is 3.04. The van der Waals surface area contributed by atoms with Gasteiger partial charge >= 0.3 is 0 Å². The van der Waals surface area contributed by atoms with E-state index in [0.29, 0.717) is 17.2 Å². The fourth-order valence-electron chi connectivity index (χ4n) is 1.06. The first-order valence-corrected chi connectivity index (χ1v) is 5.16. The van der Waals surface area contributed by atoms with Gasteiger partial charge in [0.2, 0.25) is 0 Å². The lowest BCUT2D eigenvalue weighted by Gasteiger charge is -2.06. The van der Waals surface area contributed by atoms with Crippen molar-refractivity contribution in [3.05, 3.63) is 22.2 Å². The van der Waals surface area contributed by atoms with E-state index in [4.69, 9.17) is 5.73 Å². The first-order valence-electron chi connectivity index (χ1n) is 4.37. The zero-order valence-electron chi connectivity index (χ0n) is 7.92. The zero-order valence-corrected chi connectivity index (χ0v) is 9.50. The quantitative estimate of drug-likeness (QED) is 0.825. The van der Waals surface area contributed by atoms with E-state index in [1.54, 1.807) is 0 Å². The molecule has 0 aliphatic rings. The molecule has 0 fully saturated rings. The summed E-state index contributed by atoms with van der Waals surface area (Å²) in [5.41, 5.74) is 7.53. The Morgan fingerprint density at radius 3 is 2.69 bits per heavy atom. The summed E-state index contributed by atoms with van der Waals surface area (Å²) in [5, 5.41) is 0. The Bertz CT molecular complexity index is 286. The summed E-state index contributed by atoms with van der Waals surface area (Å²) in [4.78, 5) is 8.51. The van der Waals surface area contributed by atoms with Crippen LogP contribution in [0.1, 0.15) is 31.2 Å². The second-order valence-corrected chi connectivity index (χ2v) is 3.96. The molecule has 0 saturated heterocycles. The molecule has 3 nitrogen and oxygen atoms in total. The van der Waals surface area contributed by atoms with E-state index in [1.165, 1.54) is 0 Å². The van der Waals surface area contributed by atoms with Crippen molar-refractivity contribution in [2.24, 2.45) is 5.73 Å². The van der Waals surface area contributed by atoms with Crippen molar-refractivity contribution in [1.82, 2.24) is 9.97 Å². The highest BCUT2D eigenvalue weighted by Crippen LogP contribution is 2.15. The largest absolute Gasteiger partial charge is 0.330 e. The Morgan fingerprint density at radius 1 is 1.46 bits per heavy atom. The van der Waals surface area contributed by atoms with Crippen LogP contribution in [0.4, 0.5) is 0 Å². The van der Waals surface area contributed by atoms with Crippen LogP contribution in [-0.2, 0) is 6.42 Å². The highest BCUT2D eigenvalue weighted by Gasteiger charge is 2.05. The molecular formula is C9H14BrN3. The summed E-state index contributed by atoms with van der Waals surface area (Å²) >= 11 is 3.29. The predicted octanol–water partition coefficient (Wildman–Crippen LogP) is 1.86. The minimum Gasteiger partial charge on any atom is -0.330 e. The summed E-state index contributed by atoms with van der Waals surface area (Å²) in [6, 6.07) is 2.02. The van der Waals surface area contributed by atoms with Crippen molar-refractivity contribution < 1.29 is 0 Å². The fourth-order valence-corrected chi connectivity index (χ4v) is 1.49. The Labute approximate surface area is 86.9 Å². The Balaban J connectivity index is 2.96.